The molecule has 0 aromatic heterocycles. The Kier molecular flexibility index (Phi) is 3.57. The summed E-state index contributed by atoms with van der Waals surface area (Å²) >= 11 is 14.6. The zero-order valence-corrected chi connectivity index (χ0v) is 13.3. The van der Waals surface area contributed by atoms with Crippen LogP contribution in [0.25, 0.3) is 11.1 Å². The minimum atomic E-state index is 0.685. The number of halogens is 3. The van der Waals surface area contributed by atoms with Gasteiger partial charge in [-0.25, -0.2) is 0 Å². The largest absolute Gasteiger partial charge is 0.0843 e. The molecule has 2 aromatic carbocycles. The van der Waals surface area contributed by atoms with Gasteiger partial charge < -0.3 is 0 Å². The van der Waals surface area contributed by atoms with Crippen molar-refractivity contribution in [2.75, 3.05) is 0 Å². The molecule has 0 amide bonds. The third kappa shape index (κ3) is 2.54. The van der Waals surface area contributed by atoms with Crippen LogP contribution in [0.1, 0.15) is 11.1 Å². The SMILES string of the molecule is Clc1cc(Cl)cc(-c2ccc3c(c2)CC(I)C3)c1. The molecule has 1 atom stereocenters. The molecular weight excluding hydrogens is 378 g/mol. The molecule has 1 unspecified atom stereocenters. The first-order chi connectivity index (χ1) is 8.61. The minimum absolute atomic E-state index is 0.685. The summed E-state index contributed by atoms with van der Waals surface area (Å²) in [4.78, 5) is 0. The van der Waals surface area contributed by atoms with Gasteiger partial charge in [-0.3, -0.25) is 0 Å². The van der Waals surface area contributed by atoms with E-state index in [2.05, 4.69) is 40.8 Å². The predicted octanol–water partition coefficient (Wildman–Crippen LogP) is 5.56. The van der Waals surface area contributed by atoms with Crippen molar-refractivity contribution in [1.82, 2.24) is 0 Å². The van der Waals surface area contributed by atoms with E-state index in [-0.39, 0.29) is 0 Å². The molecule has 0 radical (unpaired) electrons. The monoisotopic (exact) mass is 388 g/mol. The van der Waals surface area contributed by atoms with Crippen molar-refractivity contribution in [2.24, 2.45) is 0 Å². The van der Waals surface area contributed by atoms with E-state index in [1.165, 1.54) is 23.1 Å². The van der Waals surface area contributed by atoms with E-state index >= 15 is 0 Å². The number of hydrogen-bond donors (Lipinski definition) is 0. The van der Waals surface area contributed by atoms with Gasteiger partial charge >= 0.3 is 0 Å². The van der Waals surface area contributed by atoms with Crippen LogP contribution in [-0.2, 0) is 12.8 Å². The van der Waals surface area contributed by atoms with Crippen LogP contribution in [0.2, 0.25) is 10.0 Å². The second kappa shape index (κ2) is 5.03. The first-order valence-electron chi connectivity index (χ1n) is 5.84. The number of fused-ring (bicyclic) bond motifs is 1. The van der Waals surface area contributed by atoms with E-state index in [1.54, 1.807) is 6.07 Å². The van der Waals surface area contributed by atoms with E-state index < -0.39 is 0 Å². The summed E-state index contributed by atoms with van der Waals surface area (Å²) in [7, 11) is 0. The van der Waals surface area contributed by atoms with Crippen LogP contribution in [0.4, 0.5) is 0 Å². The fraction of sp³-hybridized carbons (Fsp3) is 0.200. The summed E-state index contributed by atoms with van der Waals surface area (Å²) < 4.78 is 0.732. The molecule has 0 saturated carbocycles. The van der Waals surface area contributed by atoms with Gasteiger partial charge in [0.1, 0.15) is 0 Å². The van der Waals surface area contributed by atoms with E-state index in [1.807, 2.05) is 12.1 Å². The molecule has 0 aliphatic heterocycles. The molecule has 3 heteroatoms. The van der Waals surface area contributed by atoms with Gasteiger partial charge in [0.25, 0.3) is 0 Å². The van der Waals surface area contributed by atoms with E-state index in [9.17, 15) is 0 Å². The maximum Gasteiger partial charge on any atom is 0.0426 e. The standard InChI is InChI=1S/C15H11Cl2I/c16-13-4-12(5-14(17)8-13)9-1-2-10-6-15(18)7-11(10)3-9/h1-5,8,15H,6-7H2. The Morgan fingerprint density at radius 3 is 2.22 bits per heavy atom. The molecular formula is C15H11Cl2I. The Labute approximate surface area is 130 Å². The highest BCUT2D eigenvalue weighted by Crippen LogP contribution is 2.33. The van der Waals surface area contributed by atoms with Crippen molar-refractivity contribution in [2.45, 2.75) is 16.8 Å². The van der Waals surface area contributed by atoms with Crippen LogP contribution in [0, 0.1) is 0 Å². The van der Waals surface area contributed by atoms with Crippen LogP contribution < -0.4 is 0 Å². The van der Waals surface area contributed by atoms with Crippen molar-refractivity contribution in [3.63, 3.8) is 0 Å². The second-order valence-electron chi connectivity index (χ2n) is 4.65. The molecule has 2 aromatic rings. The van der Waals surface area contributed by atoms with Gasteiger partial charge in [-0.05, 0) is 53.3 Å². The molecule has 18 heavy (non-hydrogen) atoms. The lowest BCUT2D eigenvalue weighted by Crippen LogP contribution is -1.92. The van der Waals surface area contributed by atoms with Gasteiger partial charge in [-0.15, -0.1) is 0 Å². The first-order valence-corrected chi connectivity index (χ1v) is 7.84. The summed E-state index contributed by atoms with van der Waals surface area (Å²) in [6, 6.07) is 12.4. The average molecular weight is 389 g/mol. The molecule has 1 aliphatic rings. The molecule has 0 fully saturated rings. The Balaban J connectivity index is 2.05. The summed E-state index contributed by atoms with van der Waals surface area (Å²) in [6.07, 6.45) is 2.35. The van der Waals surface area contributed by atoms with Crippen LogP contribution in [0.5, 0.6) is 0 Å². The van der Waals surface area contributed by atoms with E-state index in [0.717, 1.165) is 15.9 Å². The smallest absolute Gasteiger partial charge is 0.0426 e. The Bertz CT molecular complexity index is 587. The highest BCUT2D eigenvalue weighted by Gasteiger charge is 2.19. The van der Waals surface area contributed by atoms with Crippen molar-refractivity contribution in [3.8, 4) is 11.1 Å². The first kappa shape index (κ1) is 12.8. The Morgan fingerprint density at radius 1 is 0.833 bits per heavy atom. The third-order valence-electron chi connectivity index (χ3n) is 3.28. The molecule has 1 aliphatic carbocycles. The molecule has 92 valence electrons. The molecule has 0 nitrogen and oxygen atoms in total. The summed E-state index contributed by atoms with van der Waals surface area (Å²) in [6.45, 7) is 0. The van der Waals surface area contributed by atoms with Crippen LogP contribution in [0.3, 0.4) is 0 Å². The normalized spacial score (nSPS) is 17.8. The van der Waals surface area contributed by atoms with Crippen LogP contribution in [-0.4, -0.2) is 3.92 Å². The average Bonchev–Trinajstić information content (AvgIpc) is 2.66. The van der Waals surface area contributed by atoms with E-state index in [0.29, 0.717) is 10.0 Å². The molecule has 0 N–H and O–H groups in total. The third-order valence-corrected chi connectivity index (χ3v) is 4.60. The molecule has 0 saturated heterocycles. The lowest BCUT2D eigenvalue weighted by Gasteiger charge is -2.06. The van der Waals surface area contributed by atoms with E-state index in [4.69, 9.17) is 23.2 Å². The fourth-order valence-corrected chi connectivity index (χ4v) is 3.94. The molecule has 0 bridgehead atoms. The van der Waals surface area contributed by atoms with Crippen molar-refractivity contribution in [1.29, 1.82) is 0 Å². The Hall–Kier alpha value is -0.250. The van der Waals surface area contributed by atoms with Gasteiger partial charge in [0.2, 0.25) is 0 Å². The van der Waals surface area contributed by atoms with Gasteiger partial charge in [-0.2, -0.15) is 0 Å². The zero-order valence-electron chi connectivity index (χ0n) is 9.59. The molecule has 0 spiro atoms. The van der Waals surface area contributed by atoms with Crippen molar-refractivity contribution < 1.29 is 0 Å². The topological polar surface area (TPSA) is 0 Å². The van der Waals surface area contributed by atoms with Crippen LogP contribution in [0.15, 0.2) is 36.4 Å². The van der Waals surface area contributed by atoms with Crippen LogP contribution >= 0.6 is 45.8 Å². The summed E-state index contributed by atoms with van der Waals surface area (Å²) in [5, 5.41) is 1.37. The van der Waals surface area contributed by atoms with Gasteiger partial charge in [0, 0.05) is 14.0 Å². The number of hydrogen-bond acceptors (Lipinski definition) is 0. The highest BCUT2D eigenvalue weighted by atomic mass is 127. The van der Waals surface area contributed by atoms with Gasteiger partial charge in [-0.1, -0.05) is 64.0 Å². The Morgan fingerprint density at radius 2 is 1.50 bits per heavy atom. The maximum absolute atomic E-state index is 6.05. The molecule has 0 heterocycles. The molecule has 3 rings (SSSR count). The van der Waals surface area contributed by atoms with Crippen molar-refractivity contribution >= 4 is 45.8 Å². The number of alkyl halides is 1. The second-order valence-corrected chi connectivity index (χ2v) is 7.28. The van der Waals surface area contributed by atoms with Crippen molar-refractivity contribution in [3.05, 3.63) is 57.6 Å². The fourth-order valence-electron chi connectivity index (χ4n) is 2.46. The zero-order chi connectivity index (χ0) is 12.7. The van der Waals surface area contributed by atoms with Gasteiger partial charge in [0.05, 0.1) is 0 Å². The lowest BCUT2D eigenvalue weighted by molar-refractivity contribution is 0.972. The highest BCUT2D eigenvalue weighted by molar-refractivity contribution is 14.1. The maximum atomic E-state index is 6.05. The lowest BCUT2D eigenvalue weighted by atomic mass is 10.0. The quantitative estimate of drug-likeness (QED) is 0.443. The summed E-state index contributed by atoms with van der Waals surface area (Å²) in [5.41, 5.74) is 5.23. The minimum Gasteiger partial charge on any atom is -0.0843 e. The summed E-state index contributed by atoms with van der Waals surface area (Å²) in [5.74, 6) is 0. The number of benzene rings is 2. The van der Waals surface area contributed by atoms with Gasteiger partial charge in [0.15, 0.2) is 0 Å². The predicted molar refractivity (Wildman–Crippen MR) is 87.1 cm³/mol. The number of rotatable bonds is 1.